The molecule has 0 amide bonds. The summed E-state index contributed by atoms with van der Waals surface area (Å²) in [4.78, 5) is 4.38. The molecule has 0 aliphatic heterocycles. The average Bonchev–Trinajstić information content (AvgIpc) is 2.92. The monoisotopic (exact) mass is 262 g/mol. The number of fused-ring (bicyclic) bond motifs is 1. The first-order chi connectivity index (χ1) is 8.70. The van der Waals surface area contributed by atoms with E-state index in [4.69, 9.17) is 0 Å². The van der Waals surface area contributed by atoms with E-state index < -0.39 is 0 Å². The van der Waals surface area contributed by atoms with Gasteiger partial charge in [0, 0.05) is 13.2 Å². The summed E-state index contributed by atoms with van der Waals surface area (Å²) < 4.78 is 15.6. The molecule has 0 aliphatic carbocycles. The molecule has 0 aliphatic rings. The molecule has 4 nitrogen and oxygen atoms in total. The van der Waals surface area contributed by atoms with Crippen molar-refractivity contribution in [1.82, 2.24) is 14.8 Å². The van der Waals surface area contributed by atoms with Crippen molar-refractivity contribution in [2.24, 2.45) is 7.05 Å². The Kier molecular flexibility index (Phi) is 2.71. The molecule has 3 aromatic rings. The van der Waals surface area contributed by atoms with Crippen molar-refractivity contribution >= 4 is 26.7 Å². The van der Waals surface area contributed by atoms with Crippen molar-refractivity contribution in [3.05, 3.63) is 42.0 Å². The summed E-state index contributed by atoms with van der Waals surface area (Å²) in [5, 5.41) is 8.24. The minimum atomic E-state index is -0.234. The molecular formula is C12H11FN4S. The van der Waals surface area contributed by atoms with Gasteiger partial charge in [-0.05, 0) is 24.3 Å². The summed E-state index contributed by atoms with van der Waals surface area (Å²) in [7, 11) is 1.88. The van der Waals surface area contributed by atoms with Crippen molar-refractivity contribution in [1.29, 1.82) is 0 Å². The third kappa shape index (κ3) is 2.19. The van der Waals surface area contributed by atoms with Crippen molar-refractivity contribution in [2.45, 2.75) is 6.54 Å². The molecule has 6 heteroatoms. The highest BCUT2D eigenvalue weighted by Gasteiger charge is 2.05. The van der Waals surface area contributed by atoms with E-state index in [9.17, 15) is 4.39 Å². The molecule has 0 radical (unpaired) electrons. The Morgan fingerprint density at radius 1 is 1.39 bits per heavy atom. The number of nitrogens with one attached hydrogen (secondary N) is 1. The largest absolute Gasteiger partial charge is 0.356 e. The zero-order valence-corrected chi connectivity index (χ0v) is 10.5. The molecule has 1 aromatic carbocycles. The highest BCUT2D eigenvalue weighted by molar-refractivity contribution is 7.22. The van der Waals surface area contributed by atoms with Gasteiger partial charge in [0.25, 0.3) is 0 Å². The van der Waals surface area contributed by atoms with Crippen molar-refractivity contribution in [3.63, 3.8) is 0 Å². The Balaban J connectivity index is 1.78. The lowest BCUT2D eigenvalue weighted by Crippen LogP contribution is -2.00. The van der Waals surface area contributed by atoms with E-state index in [2.05, 4.69) is 15.4 Å². The minimum Gasteiger partial charge on any atom is -0.356 e. The Morgan fingerprint density at radius 2 is 2.28 bits per heavy atom. The second-order valence-electron chi connectivity index (χ2n) is 3.97. The van der Waals surface area contributed by atoms with Gasteiger partial charge in [0.15, 0.2) is 5.13 Å². The lowest BCUT2D eigenvalue weighted by molar-refractivity contribution is 0.630. The van der Waals surface area contributed by atoms with Gasteiger partial charge in [0.05, 0.1) is 22.5 Å². The molecule has 2 heterocycles. The van der Waals surface area contributed by atoms with Crippen LogP contribution in [0.1, 0.15) is 5.69 Å². The van der Waals surface area contributed by atoms with E-state index in [1.54, 1.807) is 10.7 Å². The lowest BCUT2D eigenvalue weighted by atomic mass is 10.3. The molecule has 1 N–H and O–H groups in total. The van der Waals surface area contributed by atoms with Gasteiger partial charge in [-0.15, -0.1) is 0 Å². The maximum atomic E-state index is 13.0. The lowest BCUT2D eigenvalue weighted by Gasteiger charge is -1.97. The summed E-state index contributed by atoms with van der Waals surface area (Å²) in [5.41, 5.74) is 1.76. The van der Waals surface area contributed by atoms with Gasteiger partial charge in [0.1, 0.15) is 5.82 Å². The van der Waals surface area contributed by atoms with Crippen molar-refractivity contribution in [2.75, 3.05) is 5.32 Å². The first kappa shape index (κ1) is 11.2. The van der Waals surface area contributed by atoms with Crippen LogP contribution in [0, 0.1) is 5.82 Å². The van der Waals surface area contributed by atoms with Crippen LogP contribution in [0.3, 0.4) is 0 Å². The second-order valence-corrected chi connectivity index (χ2v) is 5.00. The van der Waals surface area contributed by atoms with E-state index in [0.717, 1.165) is 21.0 Å². The van der Waals surface area contributed by atoms with E-state index >= 15 is 0 Å². The fraction of sp³-hybridized carbons (Fsp3) is 0.167. The van der Waals surface area contributed by atoms with Crippen molar-refractivity contribution < 1.29 is 4.39 Å². The van der Waals surface area contributed by atoms with Gasteiger partial charge >= 0.3 is 0 Å². The van der Waals surface area contributed by atoms with Crippen LogP contribution in [0.15, 0.2) is 30.5 Å². The molecule has 0 unspecified atom stereocenters. The normalized spacial score (nSPS) is 11.0. The van der Waals surface area contributed by atoms with Gasteiger partial charge in [-0.25, -0.2) is 9.37 Å². The number of rotatable bonds is 3. The third-order valence-electron chi connectivity index (χ3n) is 2.54. The summed E-state index contributed by atoms with van der Waals surface area (Å²) in [6.07, 6.45) is 1.89. The van der Waals surface area contributed by atoms with Crippen LogP contribution in [0.4, 0.5) is 9.52 Å². The number of anilines is 1. The van der Waals surface area contributed by atoms with Gasteiger partial charge in [-0.3, -0.25) is 4.68 Å². The summed E-state index contributed by atoms with van der Waals surface area (Å²) in [5.74, 6) is -0.234. The summed E-state index contributed by atoms with van der Waals surface area (Å²) in [6, 6.07) is 6.55. The number of thiazole rings is 1. The molecule has 18 heavy (non-hydrogen) atoms. The zero-order valence-electron chi connectivity index (χ0n) is 9.72. The first-order valence-electron chi connectivity index (χ1n) is 5.49. The van der Waals surface area contributed by atoms with E-state index in [0.29, 0.717) is 6.54 Å². The number of aryl methyl sites for hydroxylation is 1. The SMILES string of the molecule is Cn1ccc(CNc2nc3ccc(F)cc3s2)n1. The highest BCUT2D eigenvalue weighted by Crippen LogP contribution is 2.26. The molecule has 0 bridgehead atoms. The number of hydrogen-bond acceptors (Lipinski definition) is 4. The molecule has 0 saturated heterocycles. The number of aromatic nitrogens is 3. The predicted molar refractivity (Wildman–Crippen MR) is 70.1 cm³/mol. The summed E-state index contributed by atoms with van der Waals surface area (Å²) >= 11 is 1.44. The Hall–Kier alpha value is -1.95. The van der Waals surface area contributed by atoms with E-state index in [1.807, 2.05) is 19.3 Å². The molecule has 2 aromatic heterocycles. The maximum absolute atomic E-state index is 13.0. The number of hydrogen-bond donors (Lipinski definition) is 1. The fourth-order valence-electron chi connectivity index (χ4n) is 1.70. The smallest absolute Gasteiger partial charge is 0.184 e. The zero-order chi connectivity index (χ0) is 12.5. The standard InChI is InChI=1S/C12H11FN4S/c1-17-5-4-9(16-17)7-14-12-15-10-3-2-8(13)6-11(10)18-12/h2-6H,7H2,1H3,(H,14,15). The van der Waals surface area contributed by atoms with Crippen LogP contribution in [-0.2, 0) is 13.6 Å². The first-order valence-corrected chi connectivity index (χ1v) is 6.31. The molecule has 0 atom stereocenters. The quantitative estimate of drug-likeness (QED) is 0.789. The van der Waals surface area contributed by atoms with Gasteiger partial charge in [0.2, 0.25) is 0 Å². The Labute approximate surface area is 107 Å². The van der Waals surface area contributed by atoms with Crippen LogP contribution in [0.5, 0.6) is 0 Å². The second kappa shape index (κ2) is 4.38. The van der Waals surface area contributed by atoms with Gasteiger partial charge in [-0.2, -0.15) is 5.10 Å². The third-order valence-corrected chi connectivity index (χ3v) is 3.52. The van der Waals surface area contributed by atoms with Gasteiger partial charge in [-0.1, -0.05) is 11.3 Å². The predicted octanol–water partition coefficient (Wildman–Crippen LogP) is 2.78. The molecule has 3 rings (SSSR count). The summed E-state index contributed by atoms with van der Waals surface area (Å²) in [6.45, 7) is 0.614. The average molecular weight is 262 g/mol. The molecule has 0 fully saturated rings. The molecule has 0 spiro atoms. The minimum absolute atomic E-state index is 0.234. The van der Waals surface area contributed by atoms with Crippen LogP contribution in [-0.4, -0.2) is 14.8 Å². The Morgan fingerprint density at radius 3 is 3.06 bits per heavy atom. The van der Waals surface area contributed by atoms with Crippen LogP contribution in [0.25, 0.3) is 10.2 Å². The molecule has 92 valence electrons. The number of halogens is 1. The molecule has 0 saturated carbocycles. The topological polar surface area (TPSA) is 42.7 Å². The van der Waals surface area contributed by atoms with E-state index in [1.165, 1.54) is 23.5 Å². The van der Waals surface area contributed by atoms with E-state index in [-0.39, 0.29) is 5.82 Å². The molecular weight excluding hydrogens is 251 g/mol. The fourth-order valence-corrected chi connectivity index (χ4v) is 2.58. The Bertz CT molecular complexity index is 688. The maximum Gasteiger partial charge on any atom is 0.184 e. The van der Waals surface area contributed by atoms with Gasteiger partial charge < -0.3 is 5.32 Å². The van der Waals surface area contributed by atoms with Crippen LogP contribution < -0.4 is 5.32 Å². The van der Waals surface area contributed by atoms with Crippen molar-refractivity contribution in [3.8, 4) is 0 Å². The number of nitrogens with zero attached hydrogens (tertiary/aromatic N) is 3. The van der Waals surface area contributed by atoms with Crippen LogP contribution >= 0.6 is 11.3 Å². The number of benzene rings is 1. The van der Waals surface area contributed by atoms with Crippen LogP contribution in [0.2, 0.25) is 0 Å². The highest BCUT2D eigenvalue weighted by atomic mass is 32.1.